The minimum Gasteiger partial charge on any atom is -0.466 e. The Balaban J connectivity index is 2.12. The van der Waals surface area contributed by atoms with E-state index in [4.69, 9.17) is 10.5 Å². The predicted octanol–water partition coefficient (Wildman–Crippen LogP) is 2.54. The number of hydrogen-bond donors (Lipinski definition) is 1. The Labute approximate surface area is 109 Å². The van der Waals surface area contributed by atoms with Crippen molar-refractivity contribution in [1.29, 1.82) is 0 Å². The maximum atomic E-state index is 11.5. The summed E-state index contributed by atoms with van der Waals surface area (Å²) in [6.07, 6.45) is 3.19. The van der Waals surface area contributed by atoms with Crippen LogP contribution in [0.2, 0.25) is 0 Å². The SMILES string of the molecule is CCC(CN)CC(=O)OCCCc1ccccc1. The topological polar surface area (TPSA) is 52.3 Å². The molecule has 1 rings (SSSR count). The first kappa shape index (κ1) is 14.7. The van der Waals surface area contributed by atoms with Gasteiger partial charge < -0.3 is 10.5 Å². The molecule has 1 aromatic carbocycles. The number of ether oxygens (including phenoxy) is 1. The Morgan fingerprint density at radius 3 is 2.67 bits per heavy atom. The lowest BCUT2D eigenvalue weighted by Gasteiger charge is -2.11. The maximum absolute atomic E-state index is 11.5. The van der Waals surface area contributed by atoms with Gasteiger partial charge in [-0.1, -0.05) is 43.7 Å². The van der Waals surface area contributed by atoms with Crippen molar-refractivity contribution in [2.45, 2.75) is 32.6 Å². The fraction of sp³-hybridized carbons (Fsp3) is 0.533. The highest BCUT2D eigenvalue weighted by atomic mass is 16.5. The Morgan fingerprint density at radius 1 is 1.33 bits per heavy atom. The molecule has 100 valence electrons. The molecule has 0 aliphatic heterocycles. The second-order valence-electron chi connectivity index (χ2n) is 4.52. The molecule has 3 heteroatoms. The van der Waals surface area contributed by atoms with Gasteiger partial charge in [-0.15, -0.1) is 0 Å². The van der Waals surface area contributed by atoms with E-state index in [0.717, 1.165) is 19.3 Å². The third-order valence-electron chi connectivity index (χ3n) is 3.08. The van der Waals surface area contributed by atoms with Crippen molar-refractivity contribution in [3.05, 3.63) is 35.9 Å². The van der Waals surface area contributed by atoms with Crippen LogP contribution in [0.25, 0.3) is 0 Å². The molecule has 0 aliphatic rings. The van der Waals surface area contributed by atoms with Crippen LogP contribution in [0.15, 0.2) is 30.3 Å². The van der Waals surface area contributed by atoms with Crippen molar-refractivity contribution in [2.24, 2.45) is 11.7 Å². The summed E-state index contributed by atoms with van der Waals surface area (Å²) in [6, 6.07) is 10.2. The number of nitrogens with two attached hydrogens (primary N) is 1. The monoisotopic (exact) mass is 249 g/mol. The molecule has 0 spiro atoms. The van der Waals surface area contributed by atoms with Crippen LogP contribution in [0.4, 0.5) is 0 Å². The predicted molar refractivity (Wildman–Crippen MR) is 73.2 cm³/mol. The lowest BCUT2D eigenvalue weighted by molar-refractivity contribution is -0.144. The Morgan fingerprint density at radius 2 is 2.06 bits per heavy atom. The minimum absolute atomic E-state index is 0.125. The number of benzene rings is 1. The lowest BCUT2D eigenvalue weighted by atomic mass is 10.0. The molecule has 1 aromatic rings. The van der Waals surface area contributed by atoms with Crippen LogP contribution in [0.3, 0.4) is 0 Å². The van der Waals surface area contributed by atoms with Crippen molar-refractivity contribution in [3.8, 4) is 0 Å². The van der Waals surface area contributed by atoms with E-state index in [0.29, 0.717) is 19.6 Å². The quantitative estimate of drug-likeness (QED) is 0.569. The van der Waals surface area contributed by atoms with Gasteiger partial charge in [0.15, 0.2) is 0 Å². The van der Waals surface area contributed by atoms with Crippen molar-refractivity contribution in [2.75, 3.05) is 13.2 Å². The highest BCUT2D eigenvalue weighted by Gasteiger charge is 2.11. The molecule has 1 unspecified atom stereocenters. The molecule has 18 heavy (non-hydrogen) atoms. The average Bonchev–Trinajstić information content (AvgIpc) is 2.42. The summed E-state index contributed by atoms with van der Waals surface area (Å²) in [5.41, 5.74) is 6.83. The molecular weight excluding hydrogens is 226 g/mol. The summed E-state index contributed by atoms with van der Waals surface area (Å²) in [4.78, 5) is 11.5. The molecule has 0 fully saturated rings. The van der Waals surface area contributed by atoms with Gasteiger partial charge in [0.05, 0.1) is 6.61 Å². The normalized spacial score (nSPS) is 12.1. The van der Waals surface area contributed by atoms with E-state index in [1.807, 2.05) is 25.1 Å². The Kier molecular flexibility index (Phi) is 7.11. The van der Waals surface area contributed by atoms with E-state index in [9.17, 15) is 4.79 Å². The first-order chi connectivity index (χ1) is 8.76. The fourth-order valence-electron chi connectivity index (χ4n) is 1.80. The zero-order valence-electron chi connectivity index (χ0n) is 11.1. The van der Waals surface area contributed by atoms with Gasteiger partial charge in [0.25, 0.3) is 0 Å². The van der Waals surface area contributed by atoms with Crippen LogP contribution in [-0.2, 0) is 16.0 Å². The summed E-state index contributed by atoms with van der Waals surface area (Å²) in [6.45, 7) is 3.09. The number of carbonyl (C=O) groups excluding carboxylic acids is 1. The minimum atomic E-state index is -0.125. The van der Waals surface area contributed by atoms with Crippen molar-refractivity contribution < 1.29 is 9.53 Å². The molecule has 0 aromatic heterocycles. The van der Waals surface area contributed by atoms with E-state index < -0.39 is 0 Å². The van der Waals surface area contributed by atoms with Crippen LogP contribution in [0, 0.1) is 5.92 Å². The third kappa shape index (κ3) is 5.82. The van der Waals surface area contributed by atoms with Gasteiger partial charge in [-0.3, -0.25) is 4.79 Å². The van der Waals surface area contributed by atoms with Crippen LogP contribution in [0.1, 0.15) is 31.7 Å². The van der Waals surface area contributed by atoms with Gasteiger partial charge in [0.1, 0.15) is 0 Å². The van der Waals surface area contributed by atoms with Crippen molar-refractivity contribution in [3.63, 3.8) is 0 Å². The van der Waals surface area contributed by atoms with Crippen LogP contribution < -0.4 is 5.73 Å². The molecule has 3 nitrogen and oxygen atoms in total. The zero-order chi connectivity index (χ0) is 13.2. The van der Waals surface area contributed by atoms with E-state index in [1.54, 1.807) is 0 Å². The van der Waals surface area contributed by atoms with Crippen molar-refractivity contribution in [1.82, 2.24) is 0 Å². The first-order valence-electron chi connectivity index (χ1n) is 6.65. The average molecular weight is 249 g/mol. The molecule has 0 radical (unpaired) electrons. The fourth-order valence-corrected chi connectivity index (χ4v) is 1.80. The number of aryl methyl sites for hydroxylation is 1. The number of carbonyl (C=O) groups is 1. The summed E-state index contributed by atoms with van der Waals surface area (Å²) in [5, 5.41) is 0. The van der Waals surface area contributed by atoms with E-state index >= 15 is 0 Å². The van der Waals surface area contributed by atoms with Gasteiger partial charge in [-0.2, -0.15) is 0 Å². The number of esters is 1. The smallest absolute Gasteiger partial charge is 0.306 e. The van der Waals surface area contributed by atoms with E-state index in [-0.39, 0.29) is 11.9 Å². The molecule has 0 saturated carbocycles. The second-order valence-corrected chi connectivity index (χ2v) is 4.52. The van der Waals surface area contributed by atoms with Crippen molar-refractivity contribution >= 4 is 5.97 Å². The molecule has 2 N–H and O–H groups in total. The summed E-state index contributed by atoms with van der Waals surface area (Å²) in [7, 11) is 0. The molecule has 0 amide bonds. The van der Waals surface area contributed by atoms with Crippen LogP contribution >= 0.6 is 0 Å². The van der Waals surface area contributed by atoms with E-state index in [2.05, 4.69) is 12.1 Å². The Bertz CT molecular complexity index is 334. The van der Waals surface area contributed by atoms with Gasteiger partial charge >= 0.3 is 5.97 Å². The van der Waals surface area contributed by atoms with Gasteiger partial charge in [0, 0.05) is 6.42 Å². The molecule has 1 atom stereocenters. The highest BCUT2D eigenvalue weighted by molar-refractivity contribution is 5.69. The largest absolute Gasteiger partial charge is 0.466 e. The molecule has 0 bridgehead atoms. The lowest BCUT2D eigenvalue weighted by Crippen LogP contribution is -2.19. The summed E-state index contributed by atoms with van der Waals surface area (Å²) in [5.74, 6) is 0.131. The third-order valence-corrected chi connectivity index (χ3v) is 3.08. The first-order valence-corrected chi connectivity index (χ1v) is 6.65. The van der Waals surface area contributed by atoms with Crippen LogP contribution in [-0.4, -0.2) is 19.1 Å². The molecule has 0 saturated heterocycles. The maximum Gasteiger partial charge on any atom is 0.306 e. The van der Waals surface area contributed by atoms with Gasteiger partial charge in [0.2, 0.25) is 0 Å². The zero-order valence-corrected chi connectivity index (χ0v) is 11.1. The molecular formula is C15H23NO2. The van der Waals surface area contributed by atoms with Gasteiger partial charge in [-0.05, 0) is 30.9 Å². The summed E-state index contributed by atoms with van der Waals surface area (Å²) >= 11 is 0. The molecule has 0 aliphatic carbocycles. The number of hydrogen-bond acceptors (Lipinski definition) is 3. The summed E-state index contributed by atoms with van der Waals surface area (Å²) < 4.78 is 5.20. The number of rotatable bonds is 8. The molecule has 0 heterocycles. The highest BCUT2D eigenvalue weighted by Crippen LogP contribution is 2.08. The Hall–Kier alpha value is -1.35. The second kappa shape index (κ2) is 8.70. The van der Waals surface area contributed by atoms with E-state index in [1.165, 1.54) is 5.56 Å². The standard InChI is InChI=1S/C15H23NO2/c1-2-13(12-16)11-15(17)18-10-6-9-14-7-4-3-5-8-14/h3-5,7-8,13H,2,6,9-12,16H2,1H3. The van der Waals surface area contributed by atoms with Crippen LogP contribution in [0.5, 0.6) is 0 Å². The van der Waals surface area contributed by atoms with Gasteiger partial charge in [-0.25, -0.2) is 0 Å².